The summed E-state index contributed by atoms with van der Waals surface area (Å²) in [6.07, 6.45) is 0. The first-order chi connectivity index (χ1) is 12.6. The van der Waals surface area contributed by atoms with Gasteiger partial charge in [0.25, 0.3) is 0 Å². The Morgan fingerprint density at radius 3 is 1.27 bits per heavy atom. The van der Waals surface area contributed by atoms with Gasteiger partial charge in [-0.25, -0.2) is 9.59 Å². The summed E-state index contributed by atoms with van der Waals surface area (Å²) in [7, 11) is 3.13. The predicted octanol–water partition coefficient (Wildman–Crippen LogP) is 4.87. The molecule has 2 aromatic carbocycles. The van der Waals surface area contributed by atoms with Crippen LogP contribution in [0.5, 0.6) is 23.0 Å². The van der Waals surface area contributed by atoms with Gasteiger partial charge in [-0.3, -0.25) is 0 Å². The Morgan fingerprint density at radius 1 is 0.654 bits per heavy atom. The van der Waals surface area contributed by atoms with Gasteiger partial charge < -0.3 is 18.9 Å². The van der Waals surface area contributed by atoms with Crippen LogP contribution in [0.15, 0.2) is 48.5 Å². The Bertz CT molecular complexity index is 652. The zero-order valence-corrected chi connectivity index (χ0v) is 15.9. The molecule has 26 heavy (non-hydrogen) atoms. The molecule has 0 aliphatic heterocycles. The van der Waals surface area contributed by atoms with E-state index in [1.54, 1.807) is 62.8 Å². The van der Waals surface area contributed by atoms with Crippen molar-refractivity contribution in [3.05, 3.63) is 48.5 Å². The Labute approximate surface area is 160 Å². The smallest absolute Gasteiger partial charge is 0.372 e. The van der Waals surface area contributed by atoms with E-state index in [2.05, 4.69) is 0 Å². The molecule has 6 nitrogen and oxygen atoms in total. The van der Waals surface area contributed by atoms with Crippen LogP contribution in [0.4, 0.5) is 9.59 Å². The van der Waals surface area contributed by atoms with Gasteiger partial charge in [0.2, 0.25) is 0 Å². The highest BCUT2D eigenvalue weighted by atomic mass is 32.2. The van der Waals surface area contributed by atoms with Gasteiger partial charge in [0.1, 0.15) is 23.0 Å². The Hall–Kier alpha value is -2.32. The fraction of sp³-hybridized carbons (Fsp3) is 0.222. The van der Waals surface area contributed by atoms with Gasteiger partial charge in [-0.2, -0.15) is 0 Å². The number of methoxy groups -OCH3 is 2. The Kier molecular flexibility index (Phi) is 8.17. The molecular weight excluding hydrogens is 376 g/mol. The van der Waals surface area contributed by atoms with Gasteiger partial charge in [-0.05, 0) is 72.1 Å². The standard InChI is InChI=1S/C18H18O6S2/c1-21-13-3-7-15(8-4-13)23-17(19)25-11-12-26-18(20)24-16-9-5-14(22-2)6-10-16/h3-10H,11-12H2,1-2H3. The maximum Gasteiger partial charge on any atom is 0.372 e. The van der Waals surface area contributed by atoms with Crippen molar-refractivity contribution in [3.63, 3.8) is 0 Å². The Morgan fingerprint density at radius 2 is 0.962 bits per heavy atom. The zero-order valence-electron chi connectivity index (χ0n) is 14.3. The van der Waals surface area contributed by atoms with Crippen molar-refractivity contribution in [2.75, 3.05) is 25.7 Å². The molecule has 0 amide bonds. The van der Waals surface area contributed by atoms with Gasteiger partial charge >= 0.3 is 10.6 Å². The average molecular weight is 394 g/mol. The lowest BCUT2D eigenvalue weighted by atomic mass is 10.3. The van der Waals surface area contributed by atoms with Crippen LogP contribution >= 0.6 is 23.5 Å². The van der Waals surface area contributed by atoms with Crippen molar-refractivity contribution >= 4 is 34.1 Å². The van der Waals surface area contributed by atoms with E-state index in [-0.39, 0.29) is 0 Å². The molecule has 0 heterocycles. The fourth-order valence-electron chi connectivity index (χ4n) is 1.79. The summed E-state index contributed by atoms with van der Waals surface area (Å²) in [6.45, 7) is 0. The fourth-order valence-corrected chi connectivity index (χ4v) is 3.10. The second-order valence-corrected chi connectivity index (χ2v) is 6.81. The summed E-state index contributed by atoms with van der Waals surface area (Å²) in [5, 5.41) is -0.862. The van der Waals surface area contributed by atoms with E-state index < -0.39 is 10.6 Å². The molecule has 0 unspecified atom stereocenters. The lowest BCUT2D eigenvalue weighted by Crippen LogP contribution is -2.05. The van der Waals surface area contributed by atoms with Crippen molar-refractivity contribution in [2.24, 2.45) is 0 Å². The van der Waals surface area contributed by atoms with Crippen LogP contribution in [0, 0.1) is 0 Å². The molecule has 0 fully saturated rings. The maximum atomic E-state index is 11.7. The van der Waals surface area contributed by atoms with E-state index in [0.717, 1.165) is 23.5 Å². The van der Waals surface area contributed by atoms with Crippen LogP contribution in [-0.2, 0) is 0 Å². The minimum absolute atomic E-state index is 0.428. The lowest BCUT2D eigenvalue weighted by Gasteiger charge is -2.06. The topological polar surface area (TPSA) is 71.1 Å². The highest BCUT2D eigenvalue weighted by Crippen LogP contribution is 2.21. The van der Waals surface area contributed by atoms with Crippen molar-refractivity contribution in [3.8, 4) is 23.0 Å². The van der Waals surface area contributed by atoms with E-state index in [9.17, 15) is 9.59 Å². The van der Waals surface area contributed by atoms with E-state index in [4.69, 9.17) is 18.9 Å². The van der Waals surface area contributed by atoms with Crippen molar-refractivity contribution < 1.29 is 28.5 Å². The van der Waals surface area contributed by atoms with Crippen molar-refractivity contribution in [1.82, 2.24) is 0 Å². The highest BCUT2D eigenvalue weighted by molar-refractivity contribution is 8.16. The number of thioether (sulfide) groups is 2. The molecular formula is C18H18O6S2. The predicted molar refractivity (Wildman–Crippen MR) is 103 cm³/mol. The molecule has 0 spiro atoms. The summed E-state index contributed by atoms with van der Waals surface area (Å²) >= 11 is 1.99. The van der Waals surface area contributed by atoms with E-state index in [0.29, 0.717) is 34.5 Å². The van der Waals surface area contributed by atoms with Gasteiger partial charge in [0.15, 0.2) is 0 Å². The SMILES string of the molecule is COc1ccc(OC(=O)SCCSC(=O)Oc2ccc(OC)cc2)cc1. The minimum atomic E-state index is -0.431. The number of carbonyl (C=O) groups excluding carboxylic acids is 2. The quantitative estimate of drug-likeness (QED) is 0.487. The van der Waals surface area contributed by atoms with Crippen molar-refractivity contribution in [2.45, 2.75) is 0 Å². The van der Waals surface area contributed by atoms with Crippen LogP contribution < -0.4 is 18.9 Å². The van der Waals surface area contributed by atoms with E-state index in [1.165, 1.54) is 0 Å². The lowest BCUT2D eigenvalue weighted by molar-refractivity contribution is 0.226. The first-order valence-corrected chi connectivity index (χ1v) is 9.55. The molecule has 2 aromatic rings. The number of benzene rings is 2. The summed E-state index contributed by atoms with van der Waals surface area (Å²) in [5.41, 5.74) is 0. The molecule has 0 aliphatic rings. The molecule has 0 bridgehead atoms. The largest absolute Gasteiger partial charge is 0.497 e. The highest BCUT2D eigenvalue weighted by Gasteiger charge is 2.09. The number of ether oxygens (including phenoxy) is 4. The summed E-state index contributed by atoms with van der Waals surface area (Å²) in [5.74, 6) is 3.10. The maximum absolute atomic E-state index is 11.7. The molecule has 0 aliphatic carbocycles. The summed E-state index contributed by atoms with van der Waals surface area (Å²) < 4.78 is 20.4. The molecule has 0 aromatic heterocycles. The molecule has 8 heteroatoms. The number of rotatable bonds is 7. The van der Waals surface area contributed by atoms with Crippen LogP contribution in [0.25, 0.3) is 0 Å². The minimum Gasteiger partial charge on any atom is -0.497 e. The molecule has 0 radical (unpaired) electrons. The molecule has 138 valence electrons. The third-order valence-corrected chi connectivity index (χ3v) is 4.76. The second-order valence-electron chi connectivity index (χ2n) is 4.75. The number of carbonyl (C=O) groups is 2. The molecule has 0 N–H and O–H groups in total. The average Bonchev–Trinajstić information content (AvgIpc) is 2.66. The molecule has 2 rings (SSSR count). The van der Waals surface area contributed by atoms with Crippen molar-refractivity contribution in [1.29, 1.82) is 0 Å². The van der Waals surface area contributed by atoms with Crippen LogP contribution in [0.3, 0.4) is 0 Å². The third-order valence-electron chi connectivity index (χ3n) is 3.04. The van der Waals surface area contributed by atoms with Crippen LogP contribution in [0.2, 0.25) is 0 Å². The first-order valence-electron chi connectivity index (χ1n) is 7.58. The molecule has 0 atom stereocenters. The van der Waals surface area contributed by atoms with E-state index >= 15 is 0 Å². The second kappa shape index (κ2) is 10.6. The van der Waals surface area contributed by atoms with Gasteiger partial charge in [-0.15, -0.1) is 0 Å². The molecule has 0 saturated carbocycles. The number of hydrogen-bond acceptors (Lipinski definition) is 8. The summed E-state index contributed by atoms with van der Waals surface area (Å²) in [6, 6.07) is 13.4. The Balaban J connectivity index is 1.63. The monoisotopic (exact) mass is 394 g/mol. The van der Waals surface area contributed by atoms with Crippen LogP contribution in [-0.4, -0.2) is 36.3 Å². The third kappa shape index (κ3) is 6.89. The molecule has 0 saturated heterocycles. The number of hydrogen-bond donors (Lipinski definition) is 0. The zero-order chi connectivity index (χ0) is 18.8. The van der Waals surface area contributed by atoms with Gasteiger partial charge in [0, 0.05) is 11.5 Å². The first kappa shape index (κ1) is 20.0. The van der Waals surface area contributed by atoms with Gasteiger partial charge in [0.05, 0.1) is 14.2 Å². The normalized spacial score (nSPS) is 10.1. The van der Waals surface area contributed by atoms with E-state index in [1.807, 2.05) is 0 Å². The van der Waals surface area contributed by atoms with Gasteiger partial charge in [-0.1, -0.05) is 0 Å². The van der Waals surface area contributed by atoms with Crippen LogP contribution in [0.1, 0.15) is 0 Å². The summed E-state index contributed by atoms with van der Waals surface area (Å²) in [4.78, 5) is 23.5.